The van der Waals surface area contributed by atoms with Gasteiger partial charge in [0.1, 0.15) is 5.75 Å². The molecule has 1 aliphatic rings. The summed E-state index contributed by atoms with van der Waals surface area (Å²) >= 11 is 0. The lowest BCUT2D eigenvalue weighted by atomic mass is 9.96. The molecule has 0 bridgehead atoms. The highest BCUT2D eigenvalue weighted by Crippen LogP contribution is 2.17. The average Bonchev–Trinajstić information content (AvgIpc) is 2.59. The van der Waals surface area contributed by atoms with Gasteiger partial charge in [-0.1, -0.05) is 19.3 Å². The molecule has 24 heavy (non-hydrogen) atoms. The molecule has 7 heteroatoms. The Morgan fingerprint density at radius 3 is 2.54 bits per heavy atom. The van der Waals surface area contributed by atoms with Crippen molar-refractivity contribution in [2.24, 2.45) is 10.7 Å². The third-order valence-electron chi connectivity index (χ3n) is 3.99. The first-order valence-electron chi connectivity index (χ1n) is 8.18. The molecule has 0 atom stereocenters. The van der Waals surface area contributed by atoms with E-state index in [9.17, 15) is 4.79 Å². The molecule has 1 fully saturated rings. The standard InChI is InChI=1S/C17H26N4O2.HI/c1-23-15-9-7-13(8-10-15)16(22)19-11-12-20-17(18)21-14-5-3-2-4-6-14;/h7-10,14H,2-6,11-12H2,1H3,(H,19,22)(H3,18,20,21);1H. The Morgan fingerprint density at radius 1 is 1.25 bits per heavy atom. The molecule has 1 aliphatic carbocycles. The van der Waals surface area contributed by atoms with Gasteiger partial charge < -0.3 is 21.1 Å². The second kappa shape index (κ2) is 11.1. The van der Waals surface area contributed by atoms with E-state index in [1.165, 1.54) is 19.3 Å². The highest BCUT2D eigenvalue weighted by atomic mass is 127. The van der Waals surface area contributed by atoms with Crippen molar-refractivity contribution in [1.82, 2.24) is 10.6 Å². The lowest BCUT2D eigenvalue weighted by molar-refractivity contribution is 0.0955. The molecule has 134 valence electrons. The molecule has 0 aliphatic heterocycles. The van der Waals surface area contributed by atoms with E-state index in [-0.39, 0.29) is 29.9 Å². The number of aliphatic imine (C=N–C) groups is 1. The number of hydrogen-bond donors (Lipinski definition) is 3. The minimum absolute atomic E-state index is 0. The smallest absolute Gasteiger partial charge is 0.251 e. The van der Waals surface area contributed by atoms with Crippen LogP contribution >= 0.6 is 24.0 Å². The van der Waals surface area contributed by atoms with E-state index in [4.69, 9.17) is 10.5 Å². The minimum atomic E-state index is -0.123. The van der Waals surface area contributed by atoms with Crippen LogP contribution in [0, 0.1) is 0 Å². The van der Waals surface area contributed by atoms with Crippen LogP contribution in [0.2, 0.25) is 0 Å². The number of methoxy groups -OCH3 is 1. The summed E-state index contributed by atoms with van der Waals surface area (Å²) in [5.41, 5.74) is 6.48. The number of nitrogens with zero attached hydrogens (tertiary/aromatic N) is 1. The zero-order valence-corrected chi connectivity index (χ0v) is 16.4. The predicted molar refractivity (Wildman–Crippen MR) is 107 cm³/mol. The van der Waals surface area contributed by atoms with E-state index in [1.54, 1.807) is 31.4 Å². The van der Waals surface area contributed by atoms with Crippen LogP contribution < -0.4 is 21.1 Å². The van der Waals surface area contributed by atoms with Crippen molar-refractivity contribution in [3.8, 4) is 5.75 Å². The highest BCUT2D eigenvalue weighted by molar-refractivity contribution is 14.0. The zero-order valence-electron chi connectivity index (χ0n) is 14.1. The van der Waals surface area contributed by atoms with Crippen LogP contribution in [0.5, 0.6) is 5.75 Å². The number of guanidine groups is 1. The maximum atomic E-state index is 12.0. The summed E-state index contributed by atoms with van der Waals surface area (Å²) in [7, 11) is 1.60. The molecule has 2 rings (SSSR count). The molecule has 0 spiro atoms. The van der Waals surface area contributed by atoms with Crippen molar-refractivity contribution in [1.29, 1.82) is 0 Å². The number of carbonyl (C=O) groups excluding carboxylic acids is 1. The van der Waals surface area contributed by atoms with E-state index in [2.05, 4.69) is 15.6 Å². The number of benzene rings is 1. The van der Waals surface area contributed by atoms with Gasteiger partial charge in [0.25, 0.3) is 5.91 Å². The summed E-state index contributed by atoms with van der Waals surface area (Å²) < 4.78 is 5.07. The number of nitrogens with two attached hydrogens (primary N) is 1. The number of halogens is 1. The van der Waals surface area contributed by atoms with E-state index in [1.807, 2.05) is 0 Å². The monoisotopic (exact) mass is 446 g/mol. The molecule has 0 aromatic heterocycles. The summed E-state index contributed by atoms with van der Waals surface area (Å²) in [6, 6.07) is 7.44. The highest BCUT2D eigenvalue weighted by Gasteiger charge is 2.13. The van der Waals surface area contributed by atoms with E-state index in [0.29, 0.717) is 30.7 Å². The summed E-state index contributed by atoms with van der Waals surface area (Å²) in [5.74, 6) is 1.07. The summed E-state index contributed by atoms with van der Waals surface area (Å²) in [4.78, 5) is 16.2. The summed E-state index contributed by atoms with van der Waals surface area (Å²) in [6.07, 6.45) is 6.13. The molecule has 1 aromatic carbocycles. The molecular weight excluding hydrogens is 419 g/mol. The fourth-order valence-electron chi connectivity index (χ4n) is 2.69. The van der Waals surface area contributed by atoms with Crippen molar-refractivity contribution < 1.29 is 9.53 Å². The second-order valence-corrected chi connectivity index (χ2v) is 5.73. The Hall–Kier alpha value is -1.51. The van der Waals surface area contributed by atoms with Crippen molar-refractivity contribution >= 4 is 35.8 Å². The molecule has 0 saturated heterocycles. The van der Waals surface area contributed by atoms with Gasteiger partial charge in [-0.2, -0.15) is 0 Å². The van der Waals surface area contributed by atoms with Crippen LogP contribution in [0.25, 0.3) is 0 Å². The Morgan fingerprint density at radius 2 is 1.92 bits per heavy atom. The van der Waals surface area contributed by atoms with Crippen molar-refractivity contribution in [3.63, 3.8) is 0 Å². The number of carbonyl (C=O) groups is 1. The fraction of sp³-hybridized carbons (Fsp3) is 0.529. The third kappa shape index (κ3) is 6.94. The second-order valence-electron chi connectivity index (χ2n) is 5.73. The maximum Gasteiger partial charge on any atom is 0.251 e. The van der Waals surface area contributed by atoms with E-state index in [0.717, 1.165) is 18.6 Å². The quantitative estimate of drug-likeness (QED) is 0.271. The largest absolute Gasteiger partial charge is 0.497 e. The molecule has 6 nitrogen and oxygen atoms in total. The van der Waals surface area contributed by atoms with Gasteiger partial charge in [-0.25, -0.2) is 0 Å². The third-order valence-corrected chi connectivity index (χ3v) is 3.99. The lowest BCUT2D eigenvalue weighted by Gasteiger charge is -2.23. The van der Waals surface area contributed by atoms with E-state index >= 15 is 0 Å². The zero-order chi connectivity index (χ0) is 16.5. The number of amides is 1. The van der Waals surface area contributed by atoms with Gasteiger partial charge >= 0.3 is 0 Å². The predicted octanol–water partition coefficient (Wildman–Crippen LogP) is 2.28. The Bertz CT molecular complexity index is 528. The molecule has 1 aromatic rings. The molecule has 4 N–H and O–H groups in total. The minimum Gasteiger partial charge on any atom is -0.497 e. The van der Waals surface area contributed by atoms with Gasteiger partial charge in [0.15, 0.2) is 5.96 Å². The number of rotatable bonds is 6. The fourth-order valence-corrected chi connectivity index (χ4v) is 2.69. The van der Waals surface area contributed by atoms with Crippen molar-refractivity contribution in [2.45, 2.75) is 38.1 Å². The molecule has 1 amide bonds. The number of ether oxygens (including phenoxy) is 1. The Balaban J connectivity index is 0.00000288. The molecule has 1 saturated carbocycles. The van der Waals surface area contributed by atoms with Gasteiger partial charge in [0.05, 0.1) is 13.7 Å². The van der Waals surface area contributed by atoms with Crippen molar-refractivity contribution in [3.05, 3.63) is 29.8 Å². The summed E-state index contributed by atoms with van der Waals surface area (Å²) in [5, 5.41) is 6.08. The lowest BCUT2D eigenvalue weighted by Crippen LogP contribution is -2.41. The Kier molecular flexibility index (Phi) is 9.51. The topological polar surface area (TPSA) is 88.7 Å². The SMILES string of the molecule is COc1ccc(C(=O)NCCN=C(N)NC2CCCCC2)cc1.I. The molecule has 0 heterocycles. The van der Waals surface area contributed by atoms with Gasteiger partial charge in [0.2, 0.25) is 0 Å². The van der Waals surface area contributed by atoms with Crippen LogP contribution in [0.15, 0.2) is 29.3 Å². The normalized spacial score (nSPS) is 15.3. The first kappa shape index (κ1) is 20.5. The number of nitrogens with one attached hydrogen (secondary N) is 2. The summed E-state index contributed by atoms with van der Waals surface area (Å²) in [6.45, 7) is 0.922. The van der Waals surface area contributed by atoms with Gasteiger partial charge in [-0.05, 0) is 37.1 Å². The molecular formula is C17H27IN4O2. The van der Waals surface area contributed by atoms with Crippen LogP contribution in [-0.4, -0.2) is 38.1 Å². The molecule has 0 radical (unpaired) electrons. The van der Waals surface area contributed by atoms with Gasteiger partial charge in [0, 0.05) is 18.2 Å². The first-order valence-corrected chi connectivity index (χ1v) is 8.18. The van der Waals surface area contributed by atoms with Crippen LogP contribution in [0.4, 0.5) is 0 Å². The van der Waals surface area contributed by atoms with Gasteiger partial charge in [-0.15, -0.1) is 24.0 Å². The number of hydrogen-bond acceptors (Lipinski definition) is 3. The van der Waals surface area contributed by atoms with Crippen LogP contribution in [0.3, 0.4) is 0 Å². The van der Waals surface area contributed by atoms with Crippen LogP contribution in [0.1, 0.15) is 42.5 Å². The Labute approximate surface area is 160 Å². The average molecular weight is 446 g/mol. The molecule has 0 unspecified atom stereocenters. The maximum absolute atomic E-state index is 12.0. The van der Waals surface area contributed by atoms with Crippen molar-refractivity contribution in [2.75, 3.05) is 20.2 Å². The first-order chi connectivity index (χ1) is 11.2. The van der Waals surface area contributed by atoms with E-state index < -0.39 is 0 Å². The van der Waals surface area contributed by atoms with Gasteiger partial charge in [-0.3, -0.25) is 9.79 Å². The van der Waals surface area contributed by atoms with Crippen LogP contribution in [-0.2, 0) is 0 Å².